The van der Waals surface area contributed by atoms with Crippen molar-refractivity contribution in [1.29, 1.82) is 0 Å². The maximum absolute atomic E-state index is 15.5. The van der Waals surface area contributed by atoms with Gasteiger partial charge in [0.25, 0.3) is 0 Å². The molecular formula is C81H141N9O22. The number of azide groups is 1. The summed E-state index contributed by atoms with van der Waals surface area (Å²) >= 11 is 0. The minimum absolute atomic E-state index is 0.173. The first-order chi connectivity index (χ1) is 50.5. The predicted octanol–water partition coefficient (Wildman–Crippen LogP) is 12.8. The molecule has 0 radical (unpaired) electrons. The van der Waals surface area contributed by atoms with Crippen LogP contribution < -0.4 is 27.0 Å². The normalized spacial score (nSPS) is 14.9. The fraction of sp³-hybridized carbons (Fsp3) is 0.840. The van der Waals surface area contributed by atoms with Crippen molar-refractivity contribution in [2.45, 2.75) is 426 Å². The molecule has 0 unspecified atom stereocenters. The zero-order chi connectivity index (χ0) is 86.7. The third-order valence-electron chi connectivity index (χ3n) is 16.9. The molecule has 0 aliphatic carbocycles. The summed E-state index contributed by atoms with van der Waals surface area (Å²) in [6.45, 7) is 44.8. The van der Waals surface area contributed by atoms with Crippen LogP contribution in [0.1, 0.15) is 341 Å². The van der Waals surface area contributed by atoms with Gasteiger partial charge in [0.2, 0.25) is 17.7 Å². The van der Waals surface area contributed by atoms with E-state index >= 15 is 19.2 Å². The van der Waals surface area contributed by atoms with Crippen LogP contribution in [0, 0.1) is 0 Å². The van der Waals surface area contributed by atoms with Crippen molar-refractivity contribution in [3.8, 4) is 0 Å². The number of ether oxygens (including phenoxy) is 9. The summed E-state index contributed by atoms with van der Waals surface area (Å²) in [5.74, 6) is -8.35. The quantitative estimate of drug-likeness (QED) is 0.0125. The van der Waals surface area contributed by atoms with Gasteiger partial charge in [-0.1, -0.05) is 5.11 Å². The Morgan fingerprint density at radius 3 is 0.616 bits per heavy atom. The molecule has 1 rings (SSSR count). The minimum Gasteiger partial charge on any atom is -0.460 e. The smallest absolute Gasteiger partial charge is 0.317 e. The lowest BCUT2D eigenvalue weighted by Crippen LogP contribution is -2.56. The molecule has 642 valence electrons. The maximum atomic E-state index is 15.5. The third-order valence-corrected chi connectivity index (χ3v) is 16.9. The highest BCUT2D eigenvalue weighted by Gasteiger charge is 2.44. The molecule has 1 aliphatic rings. The van der Waals surface area contributed by atoms with Crippen LogP contribution in [0.2, 0.25) is 0 Å². The van der Waals surface area contributed by atoms with Crippen molar-refractivity contribution in [2.24, 2.45) is 10.8 Å². The average Bonchev–Trinajstić information content (AvgIpc) is 1.51. The van der Waals surface area contributed by atoms with E-state index in [1.54, 1.807) is 187 Å². The minimum atomic E-state index is -1.89. The van der Waals surface area contributed by atoms with Crippen molar-refractivity contribution in [3.63, 3.8) is 0 Å². The number of esters is 9. The lowest BCUT2D eigenvalue weighted by Gasteiger charge is -2.40. The molecule has 112 heavy (non-hydrogen) atoms. The average molecular weight is 1590 g/mol. The number of likely N-dealkylation sites (tertiary alicyclic amines) is 1. The number of nitrogens with two attached hydrogens (primary N) is 1. The van der Waals surface area contributed by atoms with Crippen molar-refractivity contribution < 1.29 is 105 Å². The fourth-order valence-corrected chi connectivity index (χ4v) is 12.5. The number of rotatable bonds is 41. The van der Waals surface area contributed by atoms with Gasteiger partial charge in [0, 0.05) is 123 Å². The largest absolute Gasteiger partial charge is 0.460 e. The lowest BCUT2D eigenvalue weighted by molar-refractivity contribution is -0.158. The standard InChI is InChI=1S/C81H141N9O22/c1-69(2,3)104-59(94)31-43-78(44-32-60(95)105-70(4,5)6,45-33-61(96)106-71(7,8)9)84-56(91)28-40-81(87-68(103)90-52-54(82)55(53-90)88-89-83,41-29-57(92)85-79(46-34-62(97)107-72(10,11)12,47-35-63(98)108-73(13,14)15)48-36-64(99)109-74(16,17)18)42-30-58(93)86-80(49-37-65(100)110-75(19,20)21,50-38-66(101)111-76(22,23)24)51-39-67(102)112-77(25,26)27/h54-55H,28-53,82H2,1-27H3,(H,84,91)(H,85,92)(H,86,93)(H,87,103)/t54-,55-/m1/s1. The van der Waals surface area contributed by atoms with Gasteiger partial charge >= 0.3 is 59.8 Å². The van der Waals surface area contributed by atoms with Gasteiger partial charge in [-0.3, -0.25) is 57.5 Å². The van der Waals surface area contributed by atoms with Crippen molar-refractivity contribution in [2.75, 3.05) is 13.1 Å². The Balaban J connectivity index is 4.84. The molecule has 0 aromatic rings. The molecule has 1 aliphatic heterocycles. The Kier molecular flexibility index (Phi) is 38.8. The van der Waals surface area contributed by atoms with Gasteiger partial charge in [0.15, 0.2) is 0 Å². The molecule has 5 amide bonds. The number of nitrogens with zero attached hydrogens (tertiary/aromatic N) is 4. The van der Waals surface area contributed by atoms with Crippen LogP contribution >= 0.6 is 0 Å². The van der Waals surface area contributed by atoms with E-state index < -0.39 is 201 Å². The predicted molar refractivity (Wildman–Crippen MR) is 420 cm³/mol. The monoisotopic (exact) mass is 1590 g/mol. The van der Waals surface area contributed by atoms with Crippen LogP contribution in [-0.4, -0.2) is 180 Å². The van der Waals surface area contributed by atoms with Gasteiger partial charge in [-0.05, 0) is 270 Å². The zero-order valence-electron chi connectivity index (χ0n) is 72.9. The first kappa shape index (κ1) is 102. The van der Waals surface area contributed by atoms with Gasteiger partial charge in [0.05, 0.1) is 6.04 Å². The molecule has 31 heteroatoms. The summed E-state index contributed by atoms with van der Waals surface area (Å²) in [5, 5.41) is 16.1. The van der Waals surface area contributed by atoms with Crippen LogP contribution in [0.4, 0.5) is 4.79 Å². The van der Waals surface area contributed by atoms with Crippen molar-refractivity contribution in [3.05, 3.63) is 10.4 Å². The number of carbonyl (C=O) groups excluding carboxylic acids is 13. The van der Waals surface area contributed by atoms with E-state index in [1.165, 1.54) is 4.90 Å². The molecule has 31 nitrogen and oxygen atoms in total. The van der Waals surface area contributed by atoms with Crippen molar-refractivity contribution >= 4 is 77.5 Å². The molecular weight excluding hydrogens is 1450 g/mol. The van der Waals surface area contributed by atoms with Crippen molar-refractivity contribution in [1.82, 2.24) is 26.2 Å². The zero-order valence-corrected chi connectivity index (χ0v) is 72.9. The van der Waals surface area contributed by atoms with E-state index in [-0.39, 0.29) is 129 Å². The topological polar surface area (TPSA) is 431 Å². The number of hydrogen-bond donors (Lipinski definition) is 5. The van der Waals surface area contributed by atoms with Gasteiger partial charge < -0.3 is 74.5 Å². The second kappa shape index (κ2) is 42.5. The van der Waals surface area contributed by atoms with E-state index in [0.29, 0.717) is 0 Å². The van der Waals surface area contributed by atoms with Gasteiger partial charge in [-0.15, -0.1) is 0 Å². The molecule has 1 heterocycles. The summed E-state index contributed by atoms with van der Waals surface area (Å²) in [6.07, 6.45) is -7.78. The van der Waals surface area contributed by atoms with E-state index in [4.69, 9.17) is 48.4 Å². The molecule has 1 fully saturated rings. The summed E-state index contributed by atoms with van der Waals surface area (Å²) in [6, 6.07) is -2.65. The van der Waals surface area contributed by atoms with Crippen LogP contribution in [-0.2, 0) is 100 Å². The second-order valence-corrected chi connectivity index (χ2v) is 38.8. The number of amides is 5. The first-order valence-corrected chi connectivity index (χ1v) is 39.3. The van der Waals surface area contributed by atoms with Gasteiger partial charge in [-0.2, -0.15) is 0 Å². The van der Waals surface area contributed by atoms with E-state index in [2.05, 4.69) is 31.3 Å². The number of nitrogens with one attached hydrogen (secondary N) is 4. The highest BCUT2D eigenvalue weighted by molar-refractivity contribution is 5.82. The molecule has 0 bridgehead atoms. The van der Waals surface area contributed by atoms with E-state index in [1.807, 2.05) is 0 Å². The molecule has 6 N–H and O–H groups in total. The Morgan fingerprint density at radius 2 is 0.455 bits per heavy atom. The van der Waals surface area contributed by atoms with Crippen LogP contribution in [0.3, 0.4) is 0 Å². The maximum Gasteiger partial charge on any atom is 0.317 e. The van der Waals surface area contributed by atoms with E-state index in [9.17, 15) is 48.7 Å². The van der Waals surface area contributed by atoms with E-state index in [0.717, 1.165) is 0 Å². The Morgan fingerprint density at radius 1 is 0.295 bits per heavy atom. The first-order valence-electron chi connectivity index (χ1n) is 39.3. The Hall–Kier alpha value is -7.82. The lowest BCUT2D eigenvalue weighted by atomic mass is 9.80. The number of urea groups is 1. The molecule has 0 aromatic heterocycles. The van der Waals surface area contributed by atoms with Crippen LogP contribution in [0.25, 0.3) is 10.4 Å². The highest BCUT2D eigenvalue weighted by Crippen LogP contribution is 2.36. The summed E-state index contributed by atoms with van der Waals surface area (Å²) in [5.41, 5.74) is 0.829. The van der Waals surface area contributed by atoms with Gasteiger partial charge in [-0.25, -0.2) is 4.79 Å². The summed E-state index contributed by atoms with van der Waals surface area (Å²) in [4.78, 5) is 190. The molecule has 0 spiro atoms. The van der Waals surface area contributed by atoms with Crippen LogP contribution in [0.5, 0.6) is 0 Å². The van der Waals surface area contributed by atoms with Gasteiger partial charge in [0.1, 0.15) is 50.4 Å². The molecule has 0 saturated carbocycles. The Labute approximate surface area is 665 Å². The highest BCUT2D eigenvalue weighted by atomic mass is 16.6. The second-order valence-electron chi connectivity index (χ2n) is 38.8. The summed E-state index contributed by atoms with van der Waals surface area (Å²) < 4.78 is 51.5. The summed E-state index contributed by atoms with van der Waals surface area (Å²) in [7, 11) is 0. The number of hydrogen-bond acceptors (Lipinski definition) is 24. The molecule has 2 atom stereocenters. The third kappa shape index (κ3) is 47.6. The fourth-order valence-electron chi connectivity index (χ4n) is 12.5. The van der Waals surface area contributed by atoms with Crippen LogP contribution in [0.15, 0.2) is 5.11 Å². The SMILES string of the molecule is CC(C)(C)OC(=O)CCC(CCC(=O)OC(C)(C)C)(CCC(=O)OC(C)(C)C)NC(=O)CCC(CCC(=O)NC(CCC(=O)OC(C)(C)C)(CCC(=O)OC(C)(C)C)CCC(=O)OC(C)(C)C)(CCC(=O)NC(CCC(=O)OC(C)(C)C)(CCC(=O)OC(C)(C)C)CCC(=O)OC(C)(C)C)NC(=O)N1C[C@@H](N)[C@H](N=[N+]=[N-])C1. The number of carbonyl (C=O) groups is 13. The Bertz CT molecular complexity index is 2710. The molecule has 1 saturated heterocycles. The molecule has 0 aromatic carbocycles.